The standard InChI is InChI=1S/C13H22N4/c1-9(2)6-7-17(3)12-8-11(14)15-13(16-12)10-4-5-10/h8-10H,4-7H2,1-3H3,(H2,14,15,16). The van der Waals surface area contributed by atoms with E-state index in [4.69, 9.17) is 5.73 Å². The van der Waals surface area contributed by atoms with Gasteiger partial charge in [0.05, 0.1) is 0 Å². The van der Waals surface area contributed by atoms with Crippen LogP contribution in [0.4, 0.5) is 11.6 Å². The molecule has 0 atom stereocenters. The lowest BCUT2D eigenvalue weighted by Crippen LogP contribution is -2.22. The molecule has 2 N–H and O–H groups in total. The monoisotopic (exact) mass is 234 g/mol. The van der Waals surface area contributed by atoms with Gasteiger partial charge in [0.1, 0.15) is 17.5 Å². The van der Waals surface area contributed by atoms with E-state index in [9.17, 15) is 0 Å². The summed E-state index contributed by atoms with van der Waals surface area (Å²) < 4.78 is 0. The summed E-state index contributed by atoms with van der Waals surface area (Å²) in [6.07, 6.45) is 3.58. The number of nitrogens with two attached hydrogens (primary N) is 1. The molecule has 0 spiro atoms. The molecule has 1 aliphatic rings. The first-order valence-electron chi connectivity index (χ1n) is 6.42. The Morgan fingerprint density at radius 3 is 2.71 bits per heavy atom. The lowest BCUT2D eigenvalue weighted by atomic mass is 10.1. The Bertz CT molecular complexity index is 385. The molecule has 4 heteroatoms. The second-order valence-corrected chi connectivity index (χ2v) is 5.39. The maximum Gasteiger partial charge on any atom is 0.136 e. The van der Waals surface area contributed by atoms with Crippen LogP contribution in [-0.2, 0) is 0 Å². The van der Waals surface area contributed by atoms with Crippen molar-refractivity contribution < 1.29 is 0 Å². The Labute approximate surface area is 103 Å². The average molecular weight is 234 g/mol. The minimum absolute atomic E-state index is 0.552. The van der Waals surface area contributed by atoms with Crippen LogP contribution in [0.2, 0.25) is 0 Å². The van der Waals surface area contributed by atoms with Gasteiger partial charge in [-0.2, -0.15) is 0 Å². The molecule has 4 nitrogen and oxygen atoms in total. The summed E-state index contributed by atoms with van der Waals surface area (Å²) in [6.45, 7) is 5.48. The zero-order valence-electron chi connectivity index (χ0n) is 11.0. The van der Waals surface area contributed by atoms with E-state index in [-0.39, 0.29) is 0 Å². The predicted octanol–water partition coefficient (Wildman–Crippen LogP) is 2.42. The van der Waals surface area contributed by atoms with Gasteiger partial charge < -0.3 is 10.6 Å². The Balaban J connectivity index is 2.08. The quantitative estimate of drug-likeness (QED) is 0.850. The highest BCUT2D eigenvalue weighted by molar-refractivity contribution is 5.47. The molecule has 2 rings (SSSR count). The Morgan fingerprint density at radius 1 is 1.41 bits per heavy atom. The van der Waals surface area contributed by atoms with Gasteiger partial charge in [-0.25, -0.2) is 9.97 Å². The van der Waals surface area contributed by atoms with Crippen molar-refractivity contribution in [2.45, 2.75) is 39.0 Å². The molecule has 17 heavy (non-hydrogen) atoms. The minimum atomic E-state index is 0.552. The topological polar surface area (TPSA) is 55.0 Å². The van der Waals surface area contributed by atoms with Crippen LogP contribution in [-0.4, -0.2) is 23.6 Å². The van der Waals surface area contributed by atoms with Crippen molar-refractivity contribution in [3.63, 3.8) is 0 Å². The summed E-state index contributed by atoms with van der Waals surface area (Å²) in [5, 5.41) is 0. The van der Waals surface area contributed by atoms with Crippen LogP contribution in [0.3, 0.4) is 0 Å². The van der Waals surface area contributed by atoms with Crippen molar-refractivity contribution in [2.75, 3.05) is 24.2 Å². The van der Waals surface area contributed by atoms with Crippen LogP contribution >= 0.6 is 0 Å². The highest BCUT2D eigenvalue weighted by Gasteiger charge is 2.27. The van der Waals surface area contributed by atoms with Gasteiger partial charge >= 0.3 is 0 Å². The molecule has 1 aliphatic carbocycles. The molecular weight excluding hydrogens is 212 g/mol. The van der Waals surface area contributed by atoms with Gasteiger partial charge in [0.15, 0.2) is 0 Å². The van der Waals surface area contributed by atoms with E-state index in [1.165, 1.54) is 19.3 Å². The lowest BCUT2D eigenvalue weighted by Gasteiger charge is -2.20. The van der Waals surface area contributed by atoms with Crippen LogP contribution in [0.25, 0.3) is 0 Å². The van der Waals surface area contributed by atoms with E-state index in [0.717, 1.165) is 18.2 Å². The Kier molecular flexibility index (Phi) is 3.50. The highest BCUT2D eigenvalue weighted by Crippen LogP contribution is 2.38. The van der Waals surface area contributed by atoms with Crippen molar-refractivity contribution >= 4 is 11.6 Å². The third-order valence-electron chi connectivity index (χ3n) is 3.13. The van der Waals surface area contributed by atoms with Crippen molar-refractivity contribution in [1.82, 2.24) is 9.97 Å². The van der Waals surface area contributed by atoms with Gasteiger partial charge in [-0.15, -0.1) is 0 Å². The number of nitrogen functional groups attached to an aromatic ring is 1. The van der Waals surface area contributed by atoms with E-state index >= 15 is 0 Å². The minimum Gasteiger partial charge on any atom is -0.384 e. The summed E-state index contributed by atoms with van der Waals surface area (Å²) in [5.74, 6) is 3.74. The number of nitrogens with zero attached hydrogens (tertiary/aromatic N) is 3. The molecule has 0 radical (unpaired) electrons. The molecule has 0 aliphatic heterocycles. The zero-order chi connectivity index (χ0) is 12.4. The molecule has 1 aromatic heterocycles. The van der Waals surface area contributed by atoms with Gasteiger partial charge in [0, 0.05) is 25.6 Å². The van der Waals surface area contributed by atoms with E-state index in [2.05, 4.69) is 35.8 Å². The largest absolute Gasteiger partial charge is 0.384 e. The number of rotatable bonds is 5. The van der Waals surface area contributed by atoms with E-state index in [1.807, 2.05) is 6.07 Å². The molecule has 1 fully saturated rings. The lowest BCUT2D eigenvalue weighted by molar-refractivity contribution is 0.583. The van der Waals surface area contributed by atoms with Crippen molar-refractivity contribution in [3.05, 3.63) is 11.9 Å². The molecule has 1 heterocycles. The summed E-state index contributed by atoms with van der Waals surface area (Å²) in [5.41, 5.74) is 5.84. The Morgan fingerprint density at radius 2 is 2.12 bits per heavy atom. The smallest absolute Gasteiger partial charge is 0.136 e. The maximum absolute atomic E-state index is 5.84. The van der Waals surface area contributed by atoms with Gasteiger partial charge in [-0.1, -0.05) is 13.8 Å². The molecule has 0 unspecified atom stereocenters. The predicted molar refractivity (Wildman–Crippen MR) is 71.1 cm³/mol. The first-order chi connectivity index (χ1) is 8.06. The zero-order valence-corrected chi connectivity index (χ0v) is 11.0. The van der Waals surface area contributed by atoms with Crippen LogP contribution in [0.5, 0.6) is 0 Å². The molecule has 94 valence electrons. The maximum atomic E-state index is 5.84. The van der Waals surface area contributed by atoms with E-state index < -0.39 is 0 Å². The van der Waals surface area contributed by atoms with Gasteiger partial charge in [-0.3, -0.25) is 0 Å². The van der Waals surface area contributed by atoms with Gasteiger partial charge in [0.2, 0.25) is 0 Å². The third kappa shape index (κ3) is 3.32. The Hall–Kier alpha value is -1.32. The third-order valence-corrected chi connectivity index (χ3v) is 3.13. The molecule has 0 amide bonds. The van der Waals surface area contributed by atoms with E-state index in [0.29, 0.717) is 17.7 Å². The summed E-state index contributed by atoms with van der Waals surface area (Å²) in [4.78, 5) is 11.1. The second-order valence-electron chi connectivity index (χ2n) is 5.39. The molecular formula is C13H22N4. The number of hydrogen-bond donors (Lipinski definition) is 1. The molecule has 0 bridgehead atoms. The number of aromatic nitrogens is 2. The first-order valence-corrected chi connectivity index (χ1v) is 6.42. The van der Waals surface area contributed by atoms with Crippen LogP contribution in [0.1, 0.15) is 44.9 Å². The van der Waals surface area contributed by atoms with Crippen LogP contribution in [0.15, 0.2) is 6.07 Å². The number of anilines is 2. The van der Waals surface area contributed by atoms with E-state index in [1.54, 1.807) is 0 Å². The van der Waals surface area contributed by atoms with Crippen LogP contribution in [0, 0.1) is 5.92 Å². The van der Waals surface area contributed by atoms with Crippen molar-refractivity contribution in [3.8, 4) is 0 Å². The molecule has 0 aromatic carbocycles. The second kappa shape index (κ2) is 4.90. The fourth-order valence-electron chi connectivity index (χ4n) is 1.76. The summed E-state index contributed by atoms with van der Waals surface area (Å²) in [6, 6.07) is 1.87. The van der Waals surface area contributed by atoms with Crippen molar-refractivity contribution in [1.29, 1.82) is 0 Å². The first kappa shape index (κ1) is 12.1. The summed E-state index contributed by atoms with van der Waals surface area (Å²) >= 11 is 0. The highest BCUT2D eigenvalue weighted by atomic mass is 15.2. The SMILES string of the molecule is CC(C)CCN(C)c1cc(N)nc(C2CC2)n1. The fraction of sp³-hybridized carbons (Fsp3) is 0.692. The van der Waals surface area contributed by atoms with Gasteiger partial charge in [-0.05, 0) is 25.2 Å². The molecule has 0 saturated heterocycles. The summed E-state index contributed by atoms with van der Waals surface area (Å²) in [7, 11) is 2.07. The van der Waals surface area contributed by atoms with Crippen molar-refractivity contribution in [2.24, 2.45) is 5.92 Å². The fourth-order valence-corrected chi connectivity index (χ4v) is 1.76. The normalized spacial score (nSPS) is 15.3. The number of hydrogen-bond acceptors (Lipinski definition) is 4. The molecule has 1 saturated carbocycles. The van der Waals surface area contributed by atoms with Gasteiger partial charge in [0.25, 0.3) is 0 Å². The van der Waals surface area contributed by atoms with Crippen LogP contribution < -0.4 is 10.6 Å². The average Bonchev–Trinajstić information content (AvgIpc) is 3.08. The molecule has 1 aromatic rings.